The zero-order chi connectivity index (χ0) is 19.9. The van der Waals surface area contributed by atoms with Gasteiger partial charge in [-0.1, -0.05) is 18.2 Å². The third-order valence-corrected chi connectivity index (χ3v) is 4.49. The lowest BCUT2D eigenvalue weighted by Gasteiger charge is -2.09. The molecule has 2 aromatic carbocycles. The standard InChI is InChI=1S/C20H16N2O5S/c1-26-17-11-13(8-9-16(17)27-20(25)18-7-4-10-28-18)12-21-22-19(24)14-5-2-3-6-15(14)23/h2-12,23H,1H3,(H,22,24)/b21-12+. The number of hydrogen-bond acceptors (Lipinski definition) is 7. The third-order valence-electron chi connectivity index (χ3n) is 3.64. The number of hydrazone groups is 1. The van der Waals surface area contributed by atoms with Crippen molar-refractivity contribution in [1.29, 1.82) is 0 Å². The van der Waals surface area contributed by atoms with E-state index in [0.717, 1.165) is 0 Å². The summed E-state index contributed by atoms with van der Waals surface area (Å²) in [5, 5.41) is 15.3. The van der Waals surface area contributed by atoms with Crippen LogP contribution in [-0.4, -0.2) is 30.3 Å². The zero-order valence-corrected chi connectivity index (χ0v) is 15.6. The number of esters is 1. The average molecular weight is 396 g/mol. The minimum absolute atomic E-state index is 0.119. The Morgan fingerprint density at radius 2 is 1.93 bits per heavy atom. The van der Waals surface area contributed by atoms with Crippen molar-refractivity contribution in [2.75, 3.05) is 7.11 Å². The number of phenols is 1. The van der Waals surface area contributed by atoms with Gasteiger partial charge in [-0.25, -0.2) is 10.2 Å². The molecule has 0 fully saturated rings. The predicted molar refractivity (Wildman–Crippen MR) is 105 cm³/mol. The number of carbonyl (C=O) groups excluding carboxylic acids is 2. The number of methoxy groups -OCH3 is 1. The van der Waals surface area contributed by atoms with Crippen molar-refractivity contribution in [3.63, 3.8) is 0 Å². The molecule has 1 heterocycles. The SMILES string of the molecule is COc1cc(/C=N/NC(=O)c2ccccc2O)ccc1OC(=O)c1cccs1. The Hall–Kier alpha value is -3.65. The first kappa shape index (κ1) is 19.1. The molecule has 0 aliphatic carbocycles. The summed E-state index contributed by atoms with van der Waals surface area (Å²) >= 11 is 1.29. The largest absolute Gasteiger partial charge is 0.507 e. The second-order valence-corrected chi connectivity index (χ2v) is 6.44. The van der Waals surface area contributed by atoms with Gasteiger partial charge in [0.1, 0.15) is 10.6 Å². The van der Waals surface area contributed by atoms with Gasteiger partial charge in [-0.3, -0.25) is 4.79 Å². The number of rotatable bonds is 6. The number of carbonyl (C=O) groups is 2. The van der Waals surface area contributed by atoms with Gasteiger partial charge in [0.2, 0.25) is 0 Å². The summed E-state index contributed by atoms with van der Waals surface area (Å²) in [6.07, 6.45) is 1.41. The smallest absolute Gasteiger partial charge is 0.353 e. The van der Waals surface area contributed by atoms with E-state index >= 15 is 0 Å². The normalized spacial score (nSPS) is 10.6. The number of amides is 1. The molecular formula is C20H16N2O5S. The van der Waals surface area contributed by atoms with Crippen molar-refractivity contribution in [2.45, 2.75) is 0 Å². The van der Waals surface area contributed by atoms with E-state index in [9.17, 15) is 14.7 Å². The van der Waals surface area contributed by atoms with E-state index < -0.39 is 11.9 Å². The predicted octanol–water partition coefficient (Wildman–Crippen LogP) is 3.45. The molecule has 8 heteroatoms. The monoisotopic (exact) mass is 396 g/mol. The summed E-state index contributed by atoms with van der Waals surface area (Å²) in [6.45, 7) is 0. The number of para-hydroxylation sites is 1. The Morgan fingerprint density at radius 1 is 1.11 bits per heavy atom. The highest BCUT2D eigenvalue weighted by Gasteiger charge is 2.13. The number of ether oxygens (including phenoxy) is 2. The summed E-state index contributed by atoms with van der Waals surface area (Å²) in [7, 11) is 1.46. The number of hydrogen-bond donors (Lipinski definition) is 2. The van der Waals surface area contributed by atoms with Crippen molar-refractivity contribution in [3.05, 3.63) is 76.0 Å². The van der Waals surface area contributed by atoms with E-state index in [1.807, 2.05) is 0 Å². The molecule has 2 N–H and O–H groups in total. The topological polar surface area (TPSA) is 97.2 Å². The van der Waals surface area contributed by atoms with E-state index in [-0.39, 0.29) is 17.1 Å². The van der Waals surface area contributed by atoms with E-state index in [1.165, 1.54) is 36.8 Å². The maximum atomic E-state index is 12.1. The summed E-state index contributed by atoms with van der Waals surface area (Å²) in [5.41, 5.74) is 3.07. The number of nitrogens with zero attached hydrogens (tertiary/aromatic N) is 1. The molecule has 0 spiro atoms. The van der Waals surface area contributed by atoms with Gasteiger partial charge < -0.3 is 14.6 Å². The summed E-state index contributed by atoms with van der Waals surface area (Å²) in [6, 6.07) is 14.5. The molecule has 142 valence electrons. The van der Waals surface area contributed by atoms with E-state index in [4.69, 9.17) is 9.47 Å². The zero-order valence-electron chi connectivity index (χ0n) is 14.8. The molecule has 0 unspecified atom stereocenters. The van der Waals surface area contributed by atoms with Crippen LogP contribution in [0.15, 0.2) is 65.1 Å². The molecule has 1 amide bonds. The first-order valence-corrected chi connectivity index (χ1v) is 9.01. The fourth-order valence-corrected chi connectivity index (χ4v) is 2.88. The molecular weight excluding hydrogens is 380 g/mol. The molecule has 0 aliphatic rings. The molecule has 0 bridgehead atoms. The van der Waals surface area contributed by atoms with Crippen LogP contribution in [0.2, 0.25) is 0 Å². The van der Waals surface area contributed by atoms with Crippen LogP contribution >= 0.6 is 11.3 Å². The van der Waals surface area contributed by atoms with Gasteiger partial charge in [0.05, 0.1) is 18.9 Å². The van der Waals surface area contributed by atoms with Crippen LogP contribution in [0.5, 0.6) is 17.2 Å². The number of thiophene rings is 1. The summed E-state index contributed by atoms with van der Waals surface area (Å²) < 4.78 is 10.6. The van der Waals surface area contributed by atoms with Crippen LogP contribution < -0.4 is 14.9 Å². The second-order valence-electron chi connectivity index (χ2n) is 5.49. The van der Waals surface area contributed by atoms with Gasteiger partial charge in [-0.2, -0.15) is 5.10 Å². The van der Waals surface area contributed by atoms with Gasteiger partial charge in [-0.05, 0) is 47.3 Å². The van der Waals surface area contributed by atoms with Crippen LogP contribution in [0.3, 0.4) is 0 Å². The van der Waals surface area contributed by atoms with Gasteiger partial charge in [0.25, 0.3) is 5.91 Å². The maximum Gasteiger partial charge on any atom is 0.353 e. The lowest BCUT2D eigenvalue weighted by atomic mass is 10.2. The first-order valence-electron chi connectivity index (χ1n) is 8.13. The molecule has 3 aromatic rings. The summed E-state index contributed by atoms with van der Waals surface area (Å²) in [4.78, 5) is 24.6. The van der Waals surface area contributed by atoms with Crippen molar-refractivity contribution < 1.29 is 24.2 Å². The lowest BCUT2D eigenvalue weighted by molar-refractivity contribution is 0.0734. The highest BCUT2D eigenvalue weighted by Crippen LogP contribution is 2.28. The minimum Gasteiger partial charge on any atom is -0.507 e. The van der Waals surface area contributed by atoms with E-state index in [1.54, 1.807) is 47.8 Å². The molecule has 0 saturated carbocycles. The maximum absolute atomic E-state index is 12.1. The van der Waals surface area contributed by atoms with Crippen molar-refractivity contribution >= 4 is 29.4 Å². The molecule has 1 aromatic heterocycles. The Balaban J connectivity index is 1.68. The van der Waals surface area contributed by atoms with Gasteiger partial charge in [0.15, 0.2) is 11.5 Å². The highest BCUT2D eigenvalue weighted by molar-refractivity contribution is 7.12. The minimum atomic E-state index is -0.539. The number of benzene rings is 2. The fraction of sp³-hybridized carbons (Fsp3) is 0.0500. The summed E-state index contributed by atoms with van der Waals surface area (Å²) in [5.74, 6) is -0.515. The van der Waals surface area contributed by atoms with Crippen molar-refractivity contribution in [2.24, 2.45) is 5.10 Å². The lowest BCUT2D eigenvalue weighted by Crippen LogP contribution is -2.17. The van der Waals surface area contributed by atoms with Crippen molar-refractivity contribution in [3.8, 4) is 17.2 Å². The fourth-order valence-electron chi connectivity index (χ4n) is 2.28. The first-order chi connectivity index (χ1) is 13.6. The molecule has 0 radical (unpaired) electrons. The Morgan fingerprint density at radius 3 is 2.64 bits per heavy atom. The van der Waals surface area contributed by atoms with E-state index in [0.29, 0.717) is 16.2 Å². The molecule has 28 heavy (non-hydrogen) atoms. The molecule has 7 nitrogen and oxygen atoms in total. The third kappa shape index (κ3) is 4.54. The molecule has 0 aliphatic heterocycles. The number of phenolic OH excluding ortho intramolecular Hbond substituents is 1. The molecule has 3 rings (SSSR count). The quantitative estimate of drug-likeness (QED) is 0.288. The van der Waals surface area contributed by atoms with Gasteiger partial charge in [-0.15, -0.1) is 11.3 Å². The van der Waals surface area contributed by atoms with Crippen LogP contribution in [0.25, 0.3) is 0 Å². The van der Waals surface area contributed by atoms with Crippen LogP contribution in [0, 0.1) is 0 Å². The molecule has 0 atom stereocenters. The van der Waals surface area contributed by atoms with Crippen LogP contribution in [-0.2, 0) is 0 Å². The second kappa shape index (κ2) is 8.83. The van der Waals surface area contributed by atoms with E-state index in [2.05, 4.69) is 10.5 Å². The average Bonchev–Trinajstić information content (AvgIpc) is 3.24. The Bertz CT molecular complexity index is 1020. The Kier molecular flexibility index (Phi) is 6.03. The number of nitrogens with one attached hydrogen (secondary N) is 1. The van der Waals surface area contributed by atoms with Crippen LogP contribution in [0.1, 0.15) is 25.6 Å². The van der Waals surface area contributed by atoms with Crippen molar-refractivity contribution in [1.82, 2.24) is 5.43 Å². The number of aromatic hydroxyl groups is 1. The van der Waals surface area contributed by atoms with Gasteiger partial charge >= 0.3 is 5.97 Å². The van der Waals surface area contributed by atoms with Crippen LogP contribution in [0.4, 0.5) is 0 Å². The highest BCUT2D eigenvalue weighted by atomic mass is 32.1. The van der Waals surface area contributed by atoms with Gasteiger partial charge in [0, 0.05) is 0 Å². The molecule has 0 saturated heterocycles. The Labute approximate surface area is 164 Å².